The molecule has 3 heteroatoms. The number of rotatable bonds is 6. The van der Waals surface area contributed by atoms with Crippen LogP contribution in [0.15, 0.2) is 0 Å². The lowest BCUT2D eigenvalue weighted by atomic mass is 10.1. The lowest BCUT2D eigenvalue weighted by molar-refractivity contribution is 0.210. The van der Waals surface area contributed by atoms with E-state index in [9.17, 15) is 0 Å². The van der Waals surface area contributed by atoms with Crippen molar-refractivity contribution in [2.24, 2.45) is 5.73 Å². The molecule has 2 N–H and O–H groups in total. The van der Waals surface area contributed by atoms with E-state index in [1.807, 2.05) is 0 Å². The van der Waals surface area contributed by atoms with Crippen LogP contribution in [0.3, 0.4) is 0 Å². The van der Waals surface area contributed by atoms with Gasteiger partial charge in [0, 0.05) is 12.6 Å². The van der Waals surface area contributed by atoms with Gasteiger partial charge in [0.2, 0.25) is 0 Å². The fraction of sp³-hybridized carbons (Fsp3) is 1.00. The minimum atomic E-state index is 0.296. The van der Waals surface area contributed by atoms with E-state index >= 15 is 0 Å². The van der Waals surface area contributed by atoms with Crippen LogP contribution in [-0.4, -0.2) is 55.6 Å². The maximum absolute atomic E-state index is 5.76. The molecule has 0 amide bonds. The van der Waals surface area contributed by atoms with Crippen molar-refractivity contribution in [2.75, 3.05) is 39.8 Å². The third-order valence-corrected chi connectivity index (χ3v) is 3.06. The van der Waals surface area contributed by atoms with Crippen molar-refractivity contribution >= 4 is 0 Å². The molecular weight excluding hydrogens is 186 g/mol. The van der Waals surface area contributed by atoms with Crippen molar-refractivity contribution in [3.63, 3.8) is 0 Å². The van der Waals surface area contributed by atoms with Gasteiger partial charge in [0.25, 0.3) is 0 Å². The Morgan fingerprint density at radius 2 is 1.93 bits per heavy atom. The highest BCUT2D eigenvalue weighted by Crippen LogP contribution is 2.08. The van der Waals surface area contributed by atoms with Gasteiger partial charge in [-0.05, 0) is 59.4 Å². The topological polar surface area (TPSA) is 32.5 Å². The molecule has 1 atom stereocenters. The zero-order valence-electron chi connectivity index (χ0n) is 10.4. The summed E-state index contributed by atoms with van der Waals surface area (Å²) in [6, 6.07) is 0.296. The highest BCUT2D eigenvalue weighted by atomic mass is 15.1. The lowest BCUT2D eigenvalue weighted by Crippen LogP contribution is -2.36. The van der Waals surface area contributed by atoms with E-state index in [0.717, 1.165) is 6.54 Å². The van der Waals surface area contributed by atoms with Gasteiger partial charge in [-0.3, -0.25) is 0 Å². The Morgan fingerprint density at radius 3 is 2.53 bits per heavy atom. The molecule has 1 unspecified atom stereocenters. The number of likely N-dealkylation sites (tertiary alicyclic amines) is 1. The van der Waals surface area contributed by atoms with Gasteiger partial charge < -0.3 is 15.5 Å². The van der Waals surface area contributed by atoms with Gasteiger partial charge in [-0.25, -0.2) is 0 Å². The highest BCUT2D eigenvalue weighted by molar-refractivity contribution is 4.66. The zero-order valence-corrected chi connectivity index (χ0v) is 10.4. The first-order valence-electron chi connectivity index (χ1n) is 6.35. The average molecular weight is 213 g/mol. The van der Waals surface area contributed by atoms with Crippen LogP contribution in [-0.2, 0) is 0 Å². The minimum Gasteiger partial charge on any atom is -0.327 e. The van der Waals surface area contributed by atoms with E-state index < -0.39 is 0 Å². The smallest absolute Gasteiger partial charge is 0.0139 e. The predicted molar refractivity (Wildman–Crippen MR) is 66.1 cm³/mol. The van der Waals surface area contributed by atoms with E-state index in [2.05, 4.69) is 23.8 Å². The Balaban J connectivity index is 1.99. The van der Waals surface area contributed by atoms with Gasteiger partial charge in [-0.15, -0.1) is 0 Å². The molecule has 1 aliphatic rings. The molecule has 90 valence electrons. The van der Waals surface area contributed by atoms with Crippen LogP contribution < -0.4 is 5.73 Å². The molecule has 1 aliphatic heterocycles. The second-order valence-corrected chi connectivity index (χ2v) is 5.00. The Bertz CT molecular complexity index is 153. The van der Waals surface area contributed by atoms with Crippen molar-refractivity contribution in [1.82, 2.24) is 9.80 Å². The number of nitrogens with zero attached hydrogens (tertiary/aromatic N) is 2. The van der Waals surface area contributed by atoms with Crippen molar-refractivity contribution in [3.8, 4) is 0 Å². The quantitative estimate of drug-likeness (QED) is 0.718. The van der Waals surface area contributed by atoms with E-state index in [-0.39, 0.29) is 0 Å². The summed E-state index contributed by atoms with van der Waals surface area (Å²) in [6.45, 7) is 8.16. The number of piperidine rings is 1. The van der Waals surface area contributed by atoms with Gasteiger partial charge in [-0.1, -0.05) is 6.42 Å². The second-order valence-electron chi connectivity index (χ2n) is 5.00. The van der Waals surface area contributed by atoms with Crippen molar-refractivity contribution < 1.29 is 0 Å². The number of nitrogens with two attached hydrogens (primary N) is 1. The first-order valence-corrected chi connectivity index (χ1v) is 6.35. The molecule has 1 rings (SSSR count). The number of hydrogen-bond donors (Lipinski definition) is 1. The number of hydrogen-bond acceptors (Lipinski definition) is 3. The SMILES string of the molecule is CC(N)CN(C)CCCN1CCCCC1. The molecule has 1 fully saturated rings. The fourth-order valence-electron chi connectivity index (χ4n) is 2.33. The summed E-state index contributed by atoms with van der Waals surface area (Å²) < 4.78 is 0. The monoisotopic (exact) mass is 213 g/mol. The lowest BCUT2D eigenvalue weighted by Gasteiger charge is -2.27. The summed E-state index contributed by atoms with van der Waals surface area (Å²) in [7, 11) is 2.17. The Morgan fingerprint density at radius 1 is 1.27 bits per heavy atom. The zero-order chi connectivity index (χ0) is 11.1. The van der Waals surface area contributed by atoms with Crippen LogP contribution in [0.2, 0.25) is 0 Å². The van der Waals surface area contributed by atoms with E-state index in [4.69, 9.17) is 5.73 Å². The molecule has 0 aliphatic carbocycles. The fourth-order valence-corrected chi connectivity index (χ4v) is 2.33. The molecule has 0 bridgehead atoms. The van der Waals surface area contributed by atoms with Gasteiger partial charge in [0.15, 0.2) is 0 Å². The maximum Gasteiger partial charge on any atom is 0.0139 e. The second kappa shape index (κ2) is 7.20. The Kier molecular flexibility index (Phi) is 6.22. The first kappa shape index (κ1) is 12.9. The van der Waals surface area contributed by atoms with E-state index in [1.54, 1.807) is 0 Å². The first-order chi connectivity index (χ1) is 7.18. The van der Waals surface area contributed by atoms with E-state index in [0.29, 0.717) is 6.04 Å². The predicted octanol–water partition coefficient (Wildman–Crippen LogP) is 1.14. The molecule has 0 aromatic heterocycles. The minimum absolute atomic E-state index is 0.296. The van der Waals surface area contributed by atoms with Crippen LogP contribution in [0.25, 0.3) is 0 Å². The standard InChI is InChI=1S/C12H27N3/c1-12(13)11-14(2)7-6-10-15-8-4-3-5-9-15/h12H,3-11,13H2,1-2H3. The van der Waals surface area contributed by atoms with Crippen LogP contribution in [0, 0.1) is 0 Å². The summed E-state index contributed by atoms with van der Waals surface area (Å²) in [5, 5.41) is 0. The van der Waals surface area contributed by atoms with Crippen LogP contribution in [0.1, 0.15) is 32.6 Å². The molecule has 0 aromatic rings. The van der Waals surface area contributed by atoms with Crippen molar-refractivity contribution in [2.45, 2.75) is 38.6 Å². The summed E-state index contributed by atoms with van der Waals surface area (Å²) in [5.74, 6) is 0. The summed E-state index contributed by atoms with van der Waals surface area (Å²) in [4.78, 5) is 4.94. The molecular formula is C12H27N3. The van der Waals surface area contributed by atoms with Gasteiger partial charge in [0.1, 0.15) is 0 Å². The van der Waals surface area contributed by atoms with Crippen molar-refractivity contribution in [3.05, 3.63) is 0 Å². The third-order valence-electron chi connectivity index (χ3n) is 3.06. The van der Waals surface area contributed by atoms with Crippen LogP contribution >= 0.6 is 0 Å². The van der Waals surface area contributed by atoms with Crippen LogP contribution in [0.5, 0.6) is 0 Å². The van der Waals surface area contributed by atoms with Gasteiger partial charge >= 0.3 is 0 Å². The van der Waals surface area contributed by atoms with Gasteiger partial charge in [0.05, 0.1) is 0 Å². The Labute approximate surface area is 94.6 Å². The van der Waals surface area contributed by atoms with Crippen molar-refractivity contribution in [1.29, 1.82) is 0 Å². The molecule has 0 saturated carbocycles. The number of likely N-dealkylation sites (N-methyl/N-ethyl adjacent to an activating group) is 1. The molecule has 1 saturated heterocycles. The third kappa shape index (κ3) is 6.13. The largest absolute Gasteiger partial charge is 0.327 e. The maximum atomic E-state index is 5.76. The summed E-state index contributed by atoms with van der Waals surface area (Å²) >= 11 is 0. The summed E-state index contributed by atoms with van der Waals surface area (Å²) in [6.07, 6.45) is 5.51. The molecule has 1 heterocycles. The molecule has 0 spiro atoms. The van der Waals surface area contributed by atoms with Gasteiger partial charge in [-0.2, -0.15) is 0 Å². The van der Waals surface area contributed by atoms with Crippen LogP contribution in [0.4, 0.5) is 0 Å². The molecule has 15 heavy (non-hydrogen) atoms. The summed E-state index contributed by atoms with van der Waals surface area (Å²) in [5.41, 5.74) is 5.76. The molecule has 0 aromatic carbocycles. The molecule has 0 radical (unpaired) electrons. The molecule has 3 nitrogen and oxygen atoms in total. The average Bonchev–Trinajstić information content (AvgIpc) is 2.18. The van der Waals surface area contributed by atoms with E-state index in [1.165, 1.54) is 51.9 Å². The highest BCUT2D eigenvalue weighted by Gasteiger charge is 2.09. The Hall–Kier alpha value is -0.120. The normalized spacial score (nSPS) is 20.8.